The summed E-state index contributed by atoms with van der Waals surface area (Å²) in [6, 6.07) is 12.7. The van der Waals surface area contributed by atoms with E-state index in [0.29, 0.717) is 0 Å². The number of hydrogen-bond acceptors (Lipinski definition) is 2. The van der Waals surface area contributed by atoms with Gasteiger partial charge in [0.25, 0.3) is 0 Å². The third-order valence-electron chi connectivity index (χ3n) is 2.65. The van der Waals surface area contributed by atoms with Gasteiger partial charge >= 0.3 is 5.97 Å². The SMILES string of the molecule is CC(=O)Cn1c(C(=O)O)ccc1-c1ccccc1. The highest BCUT2D eigenvalue weighted by Crippen LogP contribution is 2.22. The van der Waals surface area contributed by atoms with Gasteiger partial charge in [-0.2, -0.15) is 0 Å². The van der Waals surface area contributed by atoms with E-state index in [1.807, 2.05) is 30.3 Å². The van der Waals surface area contributed by atoms with Crippen LogP contribution in [0.1, 0.15) is 17.4 Å². The molecule has 1 heterocycles. The first kappa shape index (κ1) is 12.1. The molecule has 0 aliphatic rings. The van der Waals surface area contributed by atoms with Gasteiger partial charge in [0.2, 0.25) is 0 Å². The number of nitrogens with zero attached hydrogens (tertiary/aromatic N) is 1. The molecule has 0 bridgehead atoms. The molecule has 0 radical (unpaired) electrons. The molecule has 0 aliphatic carbocycles. The molecule has 0 unspecified atom stereocenters. The van der Waals surface area contributed by atoms with Crippen LogP contribution < -0.4 is 0 Å². The summed E-state index contributed by atoms with van der Waals surface area (Å²) in [4.78, 5) is 22.4. The fourth-order valence-corrected chi connectivity index (χ4v) is 1.91. The van der Waals surface area contributed by atoms with Gasteiger partial charge in [-0.3, -0.25) is 4.79 Å². The third-order valence-corrected chi connectivity index (χ3v) is 2.65. The summed E-state index contributed by atoms with van der Waals surface area (Å²) in [7, 11) is 0. The zero-order chi connectivity index (χ0) is 13.1. The maximum Gasteiger partial charge on any atom is 0.352 e. The monoisotopic (exact) mass is 243 g/mol. The van der Waals surface area contributed by atoms with Crippen molar-refractivity contribution in [3.05, 3.63) is 48.2 Å². The van der Waals surface area contributed by atoms with E-state index in [9.17, 15) is 9.59 Å². The standard InChI is InChI=1S/C14H13NO3/c1-10(16)9-15-12(7-8-13(15)14(17)18)11-5-3-2-4-6-11/h2-8H,9H2,1H3,(H,17,18). The van der Waals surface area contributed by atoms with Crippen LogP contribution in [0.25, 0.3) is 11.3 Å². The lowest BCUT2D eigenvalue weighted by Crippen LogP contribution is -2.14. The van der Waals surface area contributed by atoms with Gasteiger partial charge in [-0.05, 0) is 24.6 Å². The van der Waals surface area contributed by atoms with Crippen LogP contribution in [0.5, 0.6) is 0 Å². The largest absolute Gasteiger partial charge is 0.477 e. The van der Waals surface area contributed by atoms with E-state index in [0.717, 1.165) is 11.3 Å². The van der Waals surface area contributed by atoms with Crippen LogP contribution >= 0.6 is 0 Å². The molecule has 18 heavy (non-hydrogen) atoms. The predicted octanol–water partition coefficient (Wildman–Crippen LogP) is 2.44. The number of hydrogen-bond donors (Lipinski definition) is 1. The van der Waals surface area contributed by atoms with Gasteiger partial charge in [0.15, 0.2) is 0 Å². The molecule has 0 aliphatic heterocycles. The number of carbonyl (C=O) groups is 2. The molecule has 1 aromatic carbocycles. The number of carboxylic acid groups (broad SMARTS) is 1. The second kappa shape index (κ2) is 4.87. The third kappa shape index (κ3) is 2.32. The Balaban J connectivity index is 2.54. The summed E-state index contributed by atoms with van der Waals surface area (Å²) in [5, 5.41) is 9.11. The van der Waals surface area contributed by atoms with E-state index in [2.05, 4.69) is 0 Å². The molecule has 0 spiro atoms. The van der Waals surface area contributed by atoms with Crippen molar-refractivity contribution < 1.29 is 14.7 Å². The molecule has 4 nitrogen and oxygen atoms in total. The van der Waals surface area contributed by atoms with E-state index < -0.39 is 5.97 Å². The highest BCUT2D eigenvalue weighted by atomic mass is 16.4. The van der Waals surface area contributed by atoms with Gasteiger partial charge in [-0.15, -0.1) is 0 Å². The van der Waals surface area contributed by atoms with Crippen molar-refractivity contribution in [2.75, 3.05) is 0 Å². The van der Waals surface area contributed by atoms with E-state index in [1.54, 1.807) is 6.07 Å². The molecule has 4 heteroatoms. The average Bonchev–Trinajstić information content (AvgIpc) is 2.73. The Kier molecular flexibility index (Phi) is 3.28. The first-order chi connectivity index (χ1) is 8.59. The lowest BCUT2D eigenvalue weighted by atomic mass is 10.1. The number of carbonyl (C=O) groups excluding carboxylic acids is 1. The van der Waals surface area contributed by atoms with Gasteiger partial charge in [-0.1, -0.05) is 30.3 Å². The molecular weight excluding hydrogens is 230 g/mol. The van der Waals surface area contributed by atoms with Crippen LogP contribution in [-0.2, 0) is 11.3 Å². The molecule has 92 valence electrons. The zero-order valence-electron chi connectivity index (χ0n) is 9.96. The van der Waals surface area contributed by atoms with Gasteiger partial charge in [0, 0.05) is 5.69 Å². The fourth-order valence-electron chi connectivity index (χ4n) is 1.91. The van der Waals surface area contributed by atoms with E-state index in [1.165, 1.54) is 17.6 Å². The van der Waals surface area contributed by atoms with E-state index >= 15 is 0 Å². The van der Waals surface area contributed by atoms with Crippen molar-refractivity contribution in [3.8, 4) is 11.3 Å². The van der Waals surface area contributed by atoms with Crippen molar-refractivity contribution in [3.63, 3.8) is 0 Å². The van der Waals surface area contributed by atoms with Crippen molar-refractivity contribution in [2.45, 2.75) is 13.5 Å². The summed E-state index contributed by atoms with van der Waals surface area (Å²) in [6.45, 7) is 1.51. The Morgan fingerprint density at radius 2 is 1.78 bits per heavy atom. The minimum atomic E-state index is -1.03. The molecular formula is C14H13NO3. The molecule has 0 fully saturated rings. The van der Waals surface area contributed by atoms with Crippen LogP contribution in [0.4, 0.5) is 0 Å². The number of aromatic nitrogens is 1. The van der Waals surface area contributed by atoms with Gasteiger partial charge < -0.3 is 9.67 Å². The second-order valence-corrected chi connectivity index (χ2v) is 4.06. The van der Waals surface area contributed by atoms with E-state index in [4.69, 9.17) is 5.11 Å². The zero-order valence-corrected chi connectivity index (χ0v) is 9.96. The second-order valence-electron chi connectivity index (χ2n) is 4.06. The first-order valence-electron chi connectivity index (χ1n) is 5.57. The molecule has 0 saturated heterocycles. The number of benzene rings is 1. The molecule has 0 atom stereocenters. The Labute approximate surface area is 104 Å². The maximum atomic E-state index is 11.3. The van der Waals surface area contributed by atoms with Crippen LogP contribution in [0.15, 0.2) is 42.5 Å². The summed E-state index contributed by atoms with van der Waals surface area (Å²) in [5.74, 6) is -1.11. The Morgan fingerprint density at radius 1 is 1.11 bits per heavy atom. The Hall–Kier alpha value is -2.36. The smallest absolute Gasteiger partial charge is 0.352 e. The summed E-state index contributed by atoms with van der Waals surface area (Å²) >= 11 is 0. The Bertz CT molecular complexity index is 584. The lowest BCUT2D eigenvalue weighted by Gasteiger charge is -2.09. The normalized spacial score (nSPS) is 10.3. The van der Waals surface area contributed by atoms with Crippen LogP contribution in [-0.4, -0.2) is 21.4 Å². The van der Waals surface area contributed by atoms with Gasteiger partial charge in [0.1, 0.15) is 11.5 Å². The highest BCUT2D eigenvalue weighted by Gasteiger charge is 2.15. The summed E-state index contributed by atoms with van der Waals surface area (Å²) < 4.78 is 1.53. The van der Waals surface area contributed by atoms with Crippen molar-refractivity contribution >= 4 is 11.8 Å². The maximum absolute atomic E-state index is 11.3. The average molecular weight is 243 g/mol. The fraction of sp³-hybridized carbons (Fsp3) is 0.143. The first-order valence-corrected chi connectivity index (χ1v) is 5.57. The molecule has 2 rings (SSSR count). The number of aromatic carboxylic acids is 1. The predicted molar refractivity (Wildman–Crippen MR) is 67.5 cm³/mol. The van der Waals surface area contributed by atoms with Crippen molar-refractivity contribution in [1.82, 2.24) is 4.57 Å². The summed E-state index contributed by atoms with van der Waals surface area (Å²) in [6.07, 6.45) is 0. The van der Waals surface area contributed by atoms with E-state index in [-0.39, 0.29) is 18.0 Å². The molecule has 0 amide bonds. The van der Waals surface area contributed by atoms with Crippen LogP contribution in [0.2, 0.25) is 0 Å². The van der Waals surface area contributed by atoms with Crippen molar-refractivity contribution in [1.29, 1.82) is 0 Å². The number of rotatable bonds is 4. The summed E-state index contributed by atoms with van der Waals surface area (Å²) in [5.41, 5.74) is 1.76. The van der Waals surface area contributed by atoms with Crippen molar-refractivity contribution in [2.24, 2.45) is 0 Å². The quantitative estimate of drug-likeness (QED) is 0.897. The van der Waals surface area contributed by atoms with Crippen LogP contribution in [0.3, 0.4) is 0 Å². The van der Waals surface area contributed by atoms with Crippen LogP contribution in [0, 0.1) is 0 Å². The Morgan fingerprint density at radius 3 is 2.33 bits per heavy atom. The number of ketones is 1. The number of Topliss-reactive ketones (excluding diaryl/α,β-unsaturated/α-hetero) is 1. The molecule has 0 saturated carbocycles. The van der Waals surface area contributed by atoms with Gasteiger partial charge in [0.05, 0.1) is 6.54 Å². The molecule has 2 aromatic rings. The topological polar surface area (TPSA) is 59.3 Å². The number of carboxylic acids is 1. The minimum Gasteiger partial charge on any atom is -0.477 e. The molecule has 1 aromatic heterocycles. The minimum absolute atomic E-state index is 0.0683. The highest BCUT2D eigenvalue weighted by molar-refractivity contribution is 5.89. The van der Waals surface area contributed by atoms with Gasteiger partial charge in [-0.25, -0.2) is 4.79 Å². The molecule has 1 N–H and O–H groups in total. The lowest BCUT2D eigenvalue weighted by molar-refractivity contribution is -0.117.